The Bertz CT molecular complexity index is 3900. The first-order valence-corrected chi connectivity index (χ1v) is 23.6. The van der Waals surface area contributed by atoms with Crippen molar-refractivity contribution in [2.24, 2.45) is 0 Å². The molecule has 3 nitrogen and oxygen atoms in total. The van der Waals surface area contributed by atoms with E-state index in [9.17, 15) is 0 Å². The van der Waals surface area contributed by atoms with Gasteiger partial charge in [-0.05, 0) is 120 Å². The van der Waals surface area contributed by atoms with Crippen LogP contribution in [0.1, 0.15) is 0 Å². The Balaban J connectivity index is 0.972. The van der Waals surface area contributed by atoms with Gasteiger partial charge in [-0.3, -0.25) is 0 Å². The zero-order chi connectivity index (χ0) is 42.8. The maximum Gasteiger partial charge on any atom is 0.0554 e. The second kappa shape index (κ2) is 15.4. The predicted molar refractivity (Wildman–Crippen MR) is 281 cm³/mol. The number of rotatable bonds is 8. The Morgan fingerprint density at radius 1 is 0.292 bits per heavy atom. The van der Waals surface area contributed by atoms with Gasteiger partial charge in [-0.2, -0.15) is 0 Å². The van der Waals surface area contributed by atoms with Crippen molar-refractivity contribution >= 4 is 119 Å². The van der Waals surface area contributed by atoms with E-state index < -0.39 is 0 Å². The summed E-state index contributed by atoms with van der Waals surface area (Å²) < 4.78 is 7.51. The quantitative estimate of drug-likeness (QED) is 0.151. The summed E-state index contributed by atoms with van der Waals surface area (Å²) in [5.74, 6) is 0. The van der Waals surface area contributed by atoms with E-state index in [1.807, 2.05) is 22.7 Å². The summed E-state index contributed by atoms with van der Waals surface area (Å²) >= 11 is 3.71. The maximum atomic E-state index is 2.44. The van der Waals surface area contributed by atoms with E-state index in [1.165, 1.54) is 73.3 Å². The molecule has 0 aliphatic carbocycles. The highest BCUT2D eigenvalue weighted by Gasteiger charge is 2.22. The van der Waals surface area contributed by atoms with Crippen LogP contribution in [0.2, 0.25) is 0 Å². The van der Waals surface area contributed by atoms with Gasteiger partial charge >= 0.3 is 0 Å². The SMILES string of the molecule is c1ccc(N(c2cccc(N(c3ccccc3)c3cccc4sc5ccc(-c6ccc7c8ccccc8n(-c8ccccc8)c7c6)cc5c34)c2)c2ccc3c(c2)sc2ccccc23)cc1. The van der Waals surface area contributed by atoms with Gasteiger partial charge < -0.3 is 14.4 Å². The fourth-order valence-corrected chi connectivity index (χ4v) is 12.1. The lowest BCUT2D eigenvalue weighted by Crippen LogP contribution is -2.13. The van der Waals surface area contributed by atoms with E-state index >= 15 is 0 Å². The van der Waals surface area contributed by atoms with E-state index in [-0.39, 0.29) is 0 Å². The first kappa shape index (κ1) is 37.6. The van der Waals surface area contributed by atoms with Crippen LogP contribution in [0.3, 0.4) is 0 Å². The Kier molecular flexibility index (Phi) is 8.90. The summed E-state index contributed by atoms with van der Waals surface area (Å²) in [5, 5.41) is 7.61. The van der Waals surface area contributed by atoms with Gasteiger partial charge in [0, 0.05) is 85.2 Å². The van der Waals surface area contributed by atoms with Crippen LogP contribution in [0, 0.1) is 0 Å². The first-order valence-electron chi connectivity index (χ1n) is 22.0. The molecular formula is C60H39N3S2. The van der Waals surface area contributed by atoms with Crippen molar-refractivity contribution in [3.8, 4) is 16.8 Å². The number of aromatic nitrogens is 1. The van der Waals surface area contributed by atoms with E-state index in [1.54, 1.807) is 0 Å². The van der Waals surface area contributed by atoms with Crippen molar-refractivity contribution in [1.82, 2.24) is 4.57 Å². The standard InChI is InChI=1S/C60H39N3S2/c1-4-16-42(17-5-1)61(47-32-34-51-50-25-11-13-28-56(50)65-59(51)39-47)45-22-14-23-46(38-45)62(43-18-6-2-7-19-43)54-27-15-29-58-60(54)52-36-40(31-35-57(52)64-58)41-30-33-49-48-24-10-12-26-53(48)63(55(49)37-41)44-20-8-3-9-21-44/h1-39H. The highest BCUT2D eigenvalue weighted by Crippen LogP contribution is 2.48. The second-order valence-corrected chi connectivity index (χ2v) is 18.7. The fraction of sp³-hybridized carbons (Fsp3) is 0. The molecule has 65 heavy (non-hydrogen) atoms. The molecular weight excluding hydrogens is 827 g/mol. The molecule has 3 heterocycles. The van der Waals surface area contributed by atoms with Crippen molar-refractivity contribution in [2.45, 2.75) is 0 Å². The van der Waals surface area contributed by atoms with Gasteiger partial charge in [-0.15, -0.1) is 22.7 Å². The summed E-state index contributed by atoms with van der Waals surface area (Å²) in [5.41, 5.74) is 12.6. The molecule has 0 fully saturated rings. The second-order valence-electron chi connectivity index (χ2n) is 16.5. The molecule has 0 spiro atoms. The van der Waals surface area contributed by atoms with Gasteiger partial charge in [0.05, 0.1) is 16.7 Å². The number of benzene rings is 10. The molecule has 0 bridgehead atoms. The molecule has 0 amide bonds. The fourth-order valence-electron chi connectivity index (χ4n) is 9.83. The van der Waals surface area contributed by atoms with Crippen molar-refractivity contribution < 1.29 is 0 Å². The minimum absolute atomic E-state index is 1.08. The molecule has 5 heteroatoms. The number of fused-ring (bicyclic) bond motifs is 9. The zero-order valence-corrected chi connectivity index (χ0v) is 36.8. The molecule has 3 aromatic heterocycles. The van der Waals surface area contributed by atoms with Crippen molar-refractivity contribution in [2.75, 3.05) is 9.80 Å². The van der Waals surface area contributed by atoms with Crippen molar-refractivity contribution in [3.63, 3.8) is 0 Å². The van der Waals surface area contributed by atoms with Gasteiger partial charge in [0.25, 0.3) is 0 Å². The Labute approximate surface area is 384 Å². The number of thiophene rings is 2. The van der Waals surface area contributed by atoms with Crippen LogP contribution < -0.4 is 9.80 Å². The number of nitrogens with zero attached hydrogens (tertiary/aromatic N) is 3. The molecule has 0 aliphatic heterocycles. The molecule has 10 aromatic carbocycles. The van der Waals surface area contributed by atoms with Crippen LogP contribution in [0.25, 0.3) is 79.0 Å². The molecule has 0 saturated heterocycles. The highest BCUT2D eigenvalue weighted by molar-refractivity contribution is 7.26. The Morgan fingerprint density at radius 3 is 1.65 bits per heavy atom. The molecule has 13 aromatic rings. The smallest absolute Gasteiger partial charge is 0.0554 e. The summed E-state index contributed by atoms with van der Waals surface area (Å²) in [6.07, 6.45) is 0. The number of para-hydroxylation sites is 4. The monoisotopic (exact) mass is 865 g/mol. The lowest BCUT2D eigenvalue weighted by molar-refractivity contribution is 1.18. The van der Waals surface area contributed by atoms with Crippen LogP contribution >= 0.6 is 22.7 Å². The molecule has 0 atom stereocenters. The van der Waals surface area contributed by atoms with Crippen LogP contribution in [0.15, 0.2) is 237 Å². The van der Waals surface area contributed by atoms with Gasteiger partial charge in [-0.1, -0.05) is 127 Å². The Morgan fingerprint density at radius 2 is 0.831 bits per heavy atom. The molecule has 0 saturated carbocycles. The van der Waals surface area contributed by atoms with Gasteiger partial charge in [0.1, 0.15) is 0 Å². The molecule has 0 unspecified atom stereocenters. The van der Waals surface area contributed by atoms with Gasteiger partial charge in [-0.25, -0.2) is 0 Å². The topological polar surface area (TPSA) is 11.4 Å². The van der Waals surface area contributed by atoms with E-state index in [0.717, 1.165) is 39.8 Å². The third-order valence-electron chi connectivity index (χ3n) is 12.7. The van der Waals surface area contributed by atoms with Crippen LogP contribution in [0.4, 0.5) is 34.1 Å². The lowest BCUT2D eigenvalue weighted by Gasteiger charge is -2.30. The van der Waals surface area contributed by atoms with Crippen LogP contribution in [0.5, 0.6) is 0 Å². The zero-order valence-electron chi connectivity index (χ0n) is 35.2. The van der Waals surface area contributed by atoms with E-state index in [0.29, 0.717) is 0 Å². The molecule has 306 valence electrons. The normalized spacial score (nSPS) is 11.7. The number of hydrogen-bond acceptors (Lipinski definition) is 4. The average molecular weight is 866 g/mol. The predicted octanol–water partition coefficient (Wildman–Crippen LogP) is 18.1. The third kappa shape index (κ3) is 6.31. The van der Waals surface area contributed by atoms with Crippen LogP contribution in [-0.2, 0) is 0 Å². The number of anilines is 6. The van der Waals surface area contributed by atoms with Crippen LogP contribution in [-0.4, -0.2) is 4.57 Å². The highest BCUT2D eigenvalue weighted by atomic mass is 32.1. The molecule has 0 radical (unpaired) electrons. The summed E-state index contributed by atoms with van der Waals surface area (Å²) in [6.45, 7) is 0. The lowest BCUT2D eigenvalue weighted by atomic mass is 10.0. The van der Waals surface area contributed by atoms with Gasteiger partial charge in [0.15, 0.2) is 0 Å². The first-order chi connectivity index (χ1) is 32.2. The largest absolute Gasteiger partial charge is 0.310 e. The van der Waals surface area contributed by atoms with Crippen molar-refractivity contribution in [3.05, 3.63) is 237 Å². The summed E-state index contributed by atoms with van der Waals surface area (Å²) in [4.78, 5) is 4.82. The molecule has 13 rings (SSSR count). The third-order valence-corrected chi connectivity index (χ3v) is 15.0. The average Bonchev–Trinajstić information content (AvgIpc) is 4.04. The number of hydrogen-bond donors (Lipinski definition) is 0. The summed E-state index contributed by atoms with van der Waals surface area (Å²) in [6, 6.07) is 86.4. The van der Waals surface area contributed by atoms with Gasteiger partial charge in [0.2, 0.25) is 0 Å². The molecule has 0 N–H and O–H groups in total. The Hall–Kier alpha value is -7.96. The van der Waals surface area contributed by atoms with E-state index in [4.69, 9.17) is 0 Å². The molecule has 0 aliphatic rings. The maximum absolute atomic E-state index is 2.44. The minimum Gasteiger partial charge on any atom is -0.310 e. The van der Waals surface area contributed by atoms with Crippen molar-refractivity contribution in [1.29, 1.82) is 0 Å². The summed E-state index contributed by atoms with van der Waals surface area (Å²) in [7, 11) is 0. The van der Waals surface area contributed by atoms with E-state index in [2.05, 4.69) is 251 Å². The minimum atomic E-state index is 1.08.